The first kappa shape index (κ1) is 18.7. The summed E-state index contributed by atoms with van der Waals surface area (Å²) in [7, 11) is 1.70. The van der Waals surface area contributed by atoms with E-state index >= 15 is 0 Å². The Morgan fingerprint density at radius 2 is 2.21 bits per heavy atom. The molecule has 2 unspecified atom stereocenters. The fourth-order valence-corrected chi connectivity index (χ4v) is 2.55. The highest BCUT2D eigenvalue weighted by molar-refractivity contribution is 5.67. The van der Waals surface area contributed by atoms with Crippen LogP contribution in [0.2, 0.25) is 0 Å². The van der Waals surface area contributed by atoms with Gasteiger partial charge in [-0.15, -0.1) is 0 Å². The van der Waals surface area contributed by atoms with Crippen LogP contribution in [0.25, 0.3) is 0 Å². The first-order valence-electron chi connectivity index (χ1n) is 8.48. The summed E-state index contributed by atoms with van der Waals surface area (Å²) in [5.74, 6) is 0. The smallest absolute Gasteiger partial charge is 0.410 e. The molecule has 0 aliphatic carbocycles. The molecule has 2 atom stereocenters. The molecule has 0 spiro atoms. The molecule has 1 N–H and O–H groups in total. The number of nitrogens with one attached hydrogen (secondary N) is 1. The minimum atomic E-state index is -0.278. The monoisotopic (exact) mass is 336 g/mol. The van der Waals surface area contributed by atoms with Crippen LogP contribution in [0.4, 0.5) is 4.79 Å². The first-order chi connectivity index (χ1) is 11.7. The molecule has 0 radical (unpaired) electrons. The Hall–Kier alpha value is -1.63. The average Bonchev–Trinajstić information content (AvgIpc) is 2.63. The van der Waals surface area contributed by atoms with Crippen LogP contribution >= 0.6 is 0 Å². The number of ether oxygens (including phenoxy) is 3. The number of hydrogen-bond donors (Lipinski definition) is 1. The van der Waals surface area contributed by atoms with Crippen molar-refractivity contribution in [3.05, 3.63) is 35.9 Å². The van der Waals surface area contributed by atoms with E-state index < -0.39 is 0 Å². The van der Waals surface area contributed by atoms with Gasteiger partial charge in [0.1, 0.15) is 6.61 Å². The van der Waals surface area contributed by atoms with Crippen LogP contribution in [0, 0.1) is 0 Å². The maximum Gasteiger partial charge on any atom is 0.410 e. The van der Waals surface area contributed by atoms with Gasteiger partial charge in [0.25, 0.3) is 0 Å². The van der Waals surface area contributed by atoms with E-state index in [9.17, 15) is 4.79 Å². The lowest BCUT2D eigenvalue weighted by atomic mass is 10.2. The van der Waals surface area contributed by atoms with Gasteiger partial charge >= 0.3 is 6.09 Å². The third kappa shape index (κ3) is 6.47. The quantitative estimate of drug-likeness (QED) is 0.787. The van der Waals surface area contributed by atoms with Gasteiger partial charge in [0.15, 0.2) is 0 Å². The topological polar surface area (TPSA) is 60.0 Å². The molecule has 1 aliphatic heterocycles. The SMILES string of the molecule is COCCC(C)NCC1CN(C(=O)OCc2ccccc2)CCO1. The number of hydrogen-bond acceptors (Lipinski definition) is 5. The van der Waals surface area contributed by atoms with Gasteiger partial charge < -0.3 is 24.4 Å². The second-order valence-corrected chi connectivity index (χ2v) is 6.07. The minimum absolute atomic E-state index is 0.00646. The number of carbonyl (C=O) groups is 1. The van der Waals surface area contributed by atoms with Gasteiger partial charge in [-0.05, 0) is 18.9 Å². The van der Waals surface area contributed by atoms with Crippen molar-refractivity contribution in [2.75, 3.05) is 40.0 Å². The van der Waals surface area contributed by atoms with Crippen LogP contribution in [0.15, 0.2) is 30.3 Å². The molecule has 1 aromatic rings. The summed E-state index contributed by atoms with van der Waals surface area (Å²) in [4.78, 5) is 13.9. The molecule has 6 heteroatoms. The number of nitrogens with zero attached hydrogens (tertiary/aromatic N) is 1. The summed E-state index contributed by atoms with van der Waals surface area (Å²) in [6, 6.07) is 10.1. The molecule has 134 valence electrons. The van der Waals surface area contributed by atoms with Crippen molar-refractivity contribution in [1.29, 1.82) is 0 Å². The number of rotatable bonds is 8. The Balaban J connectivity index is 1.70. The Morgan fingerprint density at radius 1 is 1.42 bits per heavy atom. The molecule has 0 saturated carbocycles. The van der Waals surface area contributed by atoms with E-state index in [4.69, 9.17) is 14.2 Å². The first-order valence-corrected chi connectivity index (χ1v) is 8.48. The van der Waals surface area contributed by atoms with E-state index in [1.807, 2.05) is 30.3 Å². The lowest BCUT2D eigenvalue weighted by Crippen LogP contribution is -2.50. The van der Waals surface area contributed by atoms with Crippen molar-refractivity contribution in [3.63, 3.8) is 0 Å². The molecule has 2 rings (SSSR count). The van der Waals surface area contributed by atoms with Gasteiger partial charge in [-0.2, -0.15) is 0 Å². The van der Waals surface area contributed by atoms with Gasteiger partial charge in [-0.25, -0.2) is 4.79 Å². The van der Waals surface area contributed by atoms with Crippen LogP contribution in [0.3, 0.4) is 0 Å². The van der Waals surface area contributed by atoms with Gasteiger partial charge in [0.05, 0.1) is 19.3 Å². The molecule has 6 nitrogen and oxygen atoms in total. The van der Waals surface area contributed by atoms with E-state index in [1.54, 1.807) is 12.0 Å². The largest absolute Gasteiger partial charge is 0.445 e. The second-order valence-electron chi connectivity index (χ2n) is 6.07. The fourth-order valence-electron chi connectivity index (χ4n) is 2.55. The summed E-state index contributed by atoms with van der Waals surface area (Å²) in [5.41, 5.74) is 0.990. The van der Waals surface area contributed by atoms with E-state index in [-0.39, 0.29) is 12.2 Å². The lowest BCUT2D eigenvalue weighted by molar-refractivity contribution is -0.0280. The van der Waals surface area contributed by atoms with Crippen molar-refractivity contribution in [2.45, 2.75) is 32.1 Å². The Labute approximate surface area is 144 Å². The van der Waals surface area contributed by atoms with Crippen LogP contribution < -0.4 is 5.32 Å². The van der Waals surface area contributed by atoms with Crippen LogP contribution in [0.1, 0.15) is 18.9 Å². The molecule has 1 amide bonds. The fraction of sp³-hybridized carbons (Fsp3) is 0.611. The molecule has 24 heavy (non-hydrogen) atoms. The van der Waals surface area contributed by atoms with Crippen molar-refractivity contribution in [2.24, 2.45) is 0 Å². The maximum absolute atomic E-state index is 12.2. The number of amides is 1. The zero-order valence-electron chi connectivity index (χ0n) is 14.6. The Morgan fingerprint density at radius 3 is 2.96 bits per heavy atom. The standard InChI is InChI=1S/C18H28N2O4/c1-15(8-10-22-2)19-12-17-13-20(9-11-23-17)18(21)24-14-16-6-4-3-5-7-16/h3-7,15,17,19H,8-14H2,1-2H3. The van der Waals surface area contributed by atoms with Gasteiger partial charge in [-0.3, -0.25) is 0 Å². The summed E-state index contributed by atoms with van der Waals surface area (Å²) in [6.07, 6.45) is 0.666. The molecule has 1 fully saturated rings. The van der Waals surface area contributed by atoms with Crippen LogP contribution in [-0.4, -0.2) is 63.1 Å². The average molecular weight is 336 g/mol. The Bertz CT molecular complexity index is 483. The zero-order chi connectivity index (χ0) is 17.2. The van der Waals surface area contributed by atoms with E-state index in [0.29, 0.717) is 38.9 Å². The van der Waals surface area contributed by atoms with E-state index in [2.05, 4.69) is 12.2 Å². The molecular formula is C18H28N2O4. The Kier molecular flexibility index (Phi) is 8.01. The summed E-state index contributed by atoms with van der Waals surface area (Å²) in [6.45, 7) is 5.53. The third-order valence-corrected chi connectivity index (χ3v) is 4.05. The number of carbonyl (C=O) groups excluding carboxylic acids is 1. The van der Waals surface area contributed by atoms with Crippen molar-refractivity contribution < 1.29 is 19.0 Å². The molecule has 0 bridgehead atoms. The lowest BCUT2D eigenvalue weighted by Gasteiger charge is -2.33. The zero-order valence-corrected chi connectivity index (χ0v) is 14.6. The van der Waals surface area contributed by atoms with Gasteiger partial charge in [-0.1, -0.05) is 30.3 Å². The highest BCUT2D eigenvalue weighted by Gasteiger charge is 2.25. The molecular weight excluding hydrogens is 308 g/mol. The van der Waals surface area contributed by atoms with Crippen LogP contribution in [0.5, 0.6) is 0 Å². The van der Waals surface area contributed by atoms with Crippen molar-refractivity contribution >= 4 is 6.09 Å². The summed E-state index contributed by atoms with van der Waals surface area (Å²) in [5, 5.41) is 3.42. The molecule has 1 aromatic carbocycles. The highest BCUT2D eigenvalue weighted by Crippen LogP contribution is 2.09. The predicted octanol–water partition coefficient (Wildman–Crippen LogP) is 2.04. The van der Waals surface area contributed by atoms with Crippen molar-refractivity contribution in [3.8, 4) is 0 Å². The number of benzene rings is 1. The van der Waals surface area contributed by atoms with Gasteiger partial charge in [0, 0.05) is 32.8 Å². The van der Waals surface area contributed by atoms with Crippen LogP contribution in [-0.2, 0) is 20.8 Å². The molecule has 1 aliphatic rings. The third-order valence-electron chi connectivity index (χ3n) is 4.05. The van der Waals surface area contributed by atoms with E-state index in [0.717, 1.165) is 18.6 Å². The molecule has 0 aromatic heterocycles. The number of morpholine rings is 1. The van der Waals surface area contributed by atoms with E-state index in [1.165, 1.54) is 0 Å². The van der Waals surface area contributed by atoms with Crippen molar-refractivity contribution in [1.82, 2.24) is 10.2 Å². The summed E-state index contributed by atoms with van der Waals surface area (Å²) < 4.78 is 16.2. The number of methoxy groups -OCH3 is 1. The molecule has 1 heterocycles. The summed E-state index contributed by atoms with van der Waals surface area (Å²) >= 11 is 0. The molecule has 1 saturated heterocycles. The maximum atomic E-state index is 12.2. The second kappa shape index (κ2) is 10.3. The van der Waals surface area contributed by atoms with Gasteiger partial charge in [0.2, 0.25) is 0 Å². The normalized spacial score (nSPS) is 19.1. The highest BCUT2D eigenvalue weighted by atomic mass is 16.6. The predicted molar refractivity (Wildman–Crippen MR) is 91.9 cm³/mol. The minimum Gasteiger partial charge on any atom is -0.445 e.